The van der Waals surface area contributed by atoms with Gasteiger partial charge >= 0.3 is 11.8 Å². The molecule has 94 valence electrons. The minimum Gasteiger partial charge on any atom is -0.461 e. The van der Waals surface area contributed by atoms with Crippen molar-refractivity contribution < 1.29 is 14.5 Å². The van der Waals surface area contributed by atoms with E-state index in [0.29, 0.717) is 0 Å². The van der Waals surface area contributed by atoms with Crippen LogP contribution in [0.1, 0.15) is 30.4 Å². The summed E-state index contributed by atoms with van der Waals surface area (Å²) in [5.41, 5.74) is 5.49. The van der Waals surface area contributed by atoms with E-state index in [9.17, 15) is 14.9 Å². The van der Waals surface area contributed by atoms with Crippen LogP contribution in [0.5, 0.6) is 0 Å². The molecule has 0 spiro atoms. The second-order valence-corrected chi connectivity index (χ2v) is 3.39. The molecule has 0 saturated heterocycles. The maximum Gasteiger partial charge on any atom is 0.390 e. The van der Waals surface area contributed by atoms with Crippen molar-refractivity contribution in [3.63, 3.8) is 0 Å². The van der Waals surface area contributed by atoms with Crippen LogP contribution in [0, 0.1) is 10.1 Å². The Labute approximate surface area is 97.5 Å². The summed E-state index contributed by atoms with van der Waals surface area (Å²) in [5, 5.41) is 14.3. The smallest absolute Gasteiger partial charge is 0.390 e. The third-order valence-corrected chi connectivity index (χ3v) is 2.15. The minimum absolute atomic E-state index is 0.0384. The molecule has 0 amide bonds. The highest BCUT2D eigenvalue weighted by Gasteiger charge is 2.26. The molecule has 0 aliphatic rings. The van der Waals surface area contributed by atoms with E-state index < -0.39 is 16.7 Å². The van der Waals surface area contributed by atoms with Crippen LogP contribution in [0.3, 0.4) is 0 Å². The van der Waals surface area contributed by atoms with E-state index in [1.165, 1.54) is 4.68 Å². The topological polar surface area (TPSA) is 113 Å². The summed E-state index contributed by atoms with van der Waals surface area (Å²) >= 11 is 0. The van der Waals surface area contributed by atoms with Crippen molar-refractivity contribution in [3.05, 3.63) is 21.9 Å². The van der Waals surface area contributed by atoms with Gasteiger partial charge in [-0.15, -0.1) is 0 Å². The molecule has 0 aromatic carbocycles. The fourth-order valence-electron chi connectivity index (χ4n) is 1.26. The lowest BCUT2D eigenvalue weighted by Gasteiger charge is -2.08. The normalized spacial score (nSPS) is 12.2. The summed E-state index contributed by atoms with van der Waals surface area (Å²) in [7, 11) is 0. The molecule has 8 heteroatoms. The zero-order valence-corrected chi connectivity index (χ0v) is 9.62. The fraction of sp³-hybridized carbons (Fsp3) is 0.556. The van der Waals surface area contributed by atoms with Gasteiger partial charge in [-0.1, -0.05) is 0 Å². The van der Waals surface area contributed by atoms with Crippen LogP contribution in [0.15, 0.2) is 6.07 Å². The molecule has 8 nitrogen and oxygen atoms in total. The summed E-state index contributed by atoms with van der Waals surface area (Å²) < 4.78 is 6.01. The SMILES string of the molecule is CCOC(=O)c1cc([N+](=O)[O-])nn1C(C)CN. The van der Waals surface area contributed by atoms with Crippen LogP contribution in [0.2, 0.25) is 0 Å². The molecule has 1 atom stereocenters. The van der Waals surface area contributed by atoms with E-state index in [4.69, 9.17) is 10.5 Å². The number of esters is 1. The Balaban J connectivity index is 3.16. The molecule has 0 bridgehead atoms. The molecule has 17 heavy (non-hydrogen) atoms. The standard InChI is InChI=1S/C9H14N4O4/c1-3-17-9(14)7-4-8(13(15)16)11-12(7)6(2)5-10/h4,6H,3,5,10H2,1-2H3. The number of carbonyl (C=O) groups is 1. The summed E-state index contributed by atoms with van der Waals surface area (Å²) in [6.45, 7) is 3.76. The molecule has 1 aromatic rings. The maximum absolute atomic E-state index is 11.6. The van der Waals surface area contributed by atoms with Crippen LogP contribution in [-0.2, 0) is 4.74 Å². The van der Waals surface area contributed by atoms with Crippen LogP contribution in [-0.4, -0.2) is 33.8 Å². The van der Waals surface area contributed by atoms with Crippen molar-refractivity contribution in [1.82, 2.24) is 9.78 Å². The first-order valence-corrected chi connectivity index (χ1v) is 5.12. The predicted molar refractivity (Wildman–Crippen MR) is 58.6 cm³/mol. The summed E-state index contributed by atoms with van der Waals surface area (Å²) in [6.07, 6.45) is 0. The van der Waals surface area contributed by atoms with Gasteiger partial charge in [0.25, 0.3) is 0 Å². The third-order valence-electron chi connectivity index (χ3n) is 2.15. The van der Waals surface area contributed by atoms with E-state index in [1.807, 2.05) is 0 Å². The second-order valence-electron chi connectivity index (χ2n) is 3.39. The number of ether oxygens (including phenoxy) is 1. The lowest BCUT2D eigenvalue weighted by Crippen LogP contribution is -2.22. The summed E-state index contributed by atoms with van der Waals surface area (Å²) in [6, 6.07) is 0.771. The Morgan fingerprint density at radius 3 is 2.88 bits per heavy atom. The van der Waals surface area contributed by atoms with Crippen molar-refractivity contribution in [1.29, 1.82) is 0 Å². The van der Waals surface area contributed by atoms with Gasteiger partial charge in [-0.05, 0) is 18.8 Å². The van der Waals surface area contributed by atoms with Crippen molar-refractivity contribution >= 4 is 11.8 Å². The molecule has 0 aliphatic heterocycles. The quantitative estimate of drug-likeness (QED) is 0.456. The number of nitro groups is 1. The van der Waals surface area contributed by atoms with Crippen molar-refractivity contribution in [2.45, 2.75) is 19.9 Å². The van der Waals surface area contributed by atoms with Crippen molar-refractivity contribution in [3.8, 4) is 0 Å². The van der Waals surface area contributed by atoms with Gasteiger partial charge in [0.1, 0.15) is 0 Å². The van der Waals surface area contributed by atoms with Gasteiger partial charge in [0, 0.05) is 6.54 Å². The molecular formula is C9H14N4O4. The Morgan fingerprint density at radius 2 is 2.41 bits per heavy atom. The largest absolute Gasteiger partial charge is 0.461 e. The molecule has 1 unspecified atom stereocenters. The van der Waals surface area contributed by atoms with Gasteiger partial charge in [0.15, 0.2) is 5.69 Å². The highest BCUT2D eigenvalue weighted by atomic mass is 16.6. The predicted octanol–water partition coefficient (Wildman–Crippen LogP) is 0.488. The van der Waals surface area contributed by atoms with Gasteiger partial charge in [-0.3, -0.25) is 0 Å². The van der Waals surface area contributed by atoms with Crippen LogP contribution in [0.4, 0.5) is 5.82 Å². The monoisotopic (exact) mass is 242 g/mol. The van der Waals surface area contributed by atoms with Crippen LogP contribution in [0.25, 0.3) is 0 Å². The Hall–Kier alpha value is -1.96. The van der Waals surface area contributed by atoms with E-state index >= 15 is 0 Å². The summed E-state index contributed by atoms with van der Waals surface area (Å²) in [5.74, 6) is -1.04. The molecular weight excluding hydrogens is 228 g/mol. The molecule has 2 N–H and O–H groups in total. The van der Waals surface area contributed by atoms with E-state index in [2.05, 4.69) is 5.10 Å². The lowest BCUT2D eigenvalue weighted by atomic mass is 10.3. The highest BCUT2D eigenvalue weighted by Crippen LogP contribution is 2.17. The van der Waals surface area contributed by atoms with E-state index in [1.54, 1.807) is 13.8 Å². The number of aromatic nitrogens is 2. The number of nitrogens with two attached hydrogens (primary N) is 1. The molecule has 1 aromatic heterocycles. The third kappa shape index (κ3) is 2.78. The number of hydrogen-bond donors (Lipinski definition) is 1. The molecule has 0 radical (unpaired) electrons. The van der Waals surface area contributed by atoms with Crippen molar-refractivity contribution in [2.75, 3.05) is 13.2 Å². The Bertz CT molecular complexity index is 429. The average Bonchev–Trinajstić information content (AvgIpc) is 2.73. The second kappa shape index (κ2) is 5.39. The zero-order chi connectivity index (χ0) is 13.0. The minimum atomic E-state index is -0.664. The molecule has 0 aliphatic carbocycles. The first kappa shape index (κ1) is 13.1. The van der Waals surface area contributed by atoms with Crippen LogP contribution >= 0.6 is 0 Å². The first-order valence-electron chi connectivity index (χ1n) is 5.12. The van der Waals surface area contributed by atoms with Crippen molar-refractivity contribution in [2.24, 2.45) is 5.73 Å². The molecule has 1 rings (SSSR count). The first-order chi connectivity index (χ1) is 8.01. The highest BCUT2D eigenvalue weighted by molar-refractivity contribution is 5.88. The lowest BCUT2D eigenvalue weighted by molar-refractivity contribution is -0.389. The average molecular weight is 242 g/mol. The molecule has 0 fully saturated rings. The van der Waals surface area contributed by atoms with Gasteiger partial charge in [-0.2, -0.15) is 4.68 Å². The zero-order valence-electron chi connectivity index (χ0n) is 9.62. The molecule has 0 saturated carbocycles. The fourth-order valence-corrected chi connectivity index (χ4v) is 1.26. The molecule has 1 heterocycles. The number of rotatable bonds is 5. The van der Waals surface area contributed by atoms with Crippen LogP contribution < -0.4 is 5.73 Å². The number of nitrogens with zero attached hydrogens (tertiary/aromatic N) is 3. The van der Waals surface area contributed by atoms with E-state index in [-0.39, 0.29) is 24.9 Å². The van der Waals surface area contributed by atoms with Gasteiger partial charge in [0.05, 0.1) is 23.8 Å². The maximum atomic E-state index is 11.6. The van der Waals surface area contributed by atoms with Gasteiger partial charge in [0.2, 0.25) is 0 Å². The Kier molecular flexibility index (Phi) is 4.16. The summed E-state index contributed by atoms with van der Waals surface area (Å²) in [4.78, 5) is 21.5. The van der Waals surface area contributed by atoms with E-state index in [0.717, 1.165) is 6.07 Å². The van der Waals surface area contributed by atoms with Gasteiger partial charge in [-0.25, -0.2) is 4.79 Å². The number of hydrogen-bond acceptors (Lipinski definition) is 6. The van der Waals surface area contributed by atoms with Gasteiger partial charge < -0.3 is 20.6 Å². The number of carbonyl (C=O) groups excluding carboxylic acids is 1. The Morgan fingerprint density at radius 1 is 1.76 bits per heavy atom.